The summed E-state index contributed by atoms with van der Waals surface area (Å²) >= 11 is 0. The van der Waals surface area contributed by atoms with Crippen LogP contribution in [0.15, 0.2) is 59.4 Å². The normalized spacial score (nSPS) is 14.8. The molecule has 1 aliphatic rings. The number of ether oxygens (including phenoxy) is 2. The van der Waals surface area contributed by atoms with Crippen molar-refractivity contribution in [1.82, 2.24) is 4.98 Å². The molecule has 1 fully saturated rings. The molecule has 1 atom stereocenters. The van der Waals surface area contributed by atoms with E-state index in [9.17, 15) is 14.4 Å². The topological polar surface area (TPSA) is 101 Å². The van der Waals surface area contributed by atoms with Gasteiger partial charge in [-0.3, -0.25) is 9.59 Å². The summed E-state index contributed by atoms with van der Waals surface area (Å²) in [7, 11) is 0. The minimum atomic E-state index is -1.04. The fourth-order valence-electron chi connectivity index (χ4n) is 3.42. The first-order valence-electron chi connectivity index (χ1n) is 10.1. The molecule has 8 nitrogen and oxygen atoms in total. The Bertz CT molecular complexity index is 1150. The first-order chi connectivity index (χ1) is 15.0. The molecular weight excluding hydrogens is 398 g/mol. The van der Waals surface area contributed by atoms with E-state index in [1.165, 1.54) is 13.0 Å². The van der Waals surface area contributed by atoms with E-state index in [2.05, 4.69) is 15.2 Å². The van der Waals surface area contributed by atoms with Crippen molar-refractivity contribution >= 4 is 34.0 Å². The van der Waals surface area contributed by atoms with Gasteiger partial charge in [0, 0.05) is 29.9 Å². The van der Waals surface area contributed by atoms with Crippen molar-refractivity contribution < 1.29 is 19.1 Å². The zero-order valence-corrected chi connectivity index (χ0v) is 17.1. The van der Waals surface area contributed by atoms with E-state index in [4.69, 9.17) is 9.47 Å². The van der Waals surface area contributed by atoms with Gasteiger partial charge < -0.3 is 24.7 Å². The monoisotopic (exact) mass is 421 g/mol. The lowest BCUT2D eigenvalue weighted by Crippen LogP contribution is -2.36. The number of nitrogens with one attached hydrogen (secondary N) is 2. The van der Waals surface area contributed by atoms with Crippen LogP contribution < -0.4 is 15.8 Å². The van der Waals surface area contributed by atoms with Crippen LogP contribution in [0.1, 0.15) is 17.4 Å². The minimum absolute atomic E-state index is 0.00165. The SMILES string of the molecule is CC(OC(=O)c1cc2ccccc2c(=O)[nH]1)C(=O)Nc1ccc(N2CCOCC2)cc1. The number of esters is 1. The number of carbonyl (C=O) groups excluding carboxylic acids is 2. The Morgan fingerprint density at radius 1 is 1.10 bits per heavy atom. The number of pyridine rings is 1. The molecule has 0 bridgehead atoms. The highest BCUT2D eigenvalue weighted by Crippen LogP contribution is 2.19. The summed E-state index contributed by atoms with van der Waals surface area (Å²) in [6.45, 7) is 4.54. The van der Waals surface area contributed by atoms with E-state index in [0.717, 1.165) is 18.8 Å². The number of nitrogens with zero attached hydrogens (tertiary/aromatic N) is 1. The quantitative estimate of drug-likeness (QED) is 0.614. The number of H-pyrrole nitrogens is 1. The van der Waals surface area contributed by atoms with Crippen LogP contribution in [0, 0.1) is 0 Å². The van der Waals surface area contributed by atoms with E-state index in [0.29, 0.717) is 29.7 Å². The van der Waals surface area contributed by atoms with Crippen LogP contribution >= 0.6 is 0 Å². The van der Waals surface area contributed by atoms with Gasteiger partial charge in [0.1, 0.15) is 5.69 Å². The number of rotatable bonds is 5. The van der Waals surface area contributed by atoms with E-state index < -0.39 is 18.0 Å². The van der Waals surface area contributed by atoms with Crippen LogP contribution in [0.4, 0.5) is 11.4 Å². The second-order valence-corrected chi connectivity index (χ2v) is 7.28. The lowest BCUT2D eigenvalue weighted by molar-refractivity contribution is -0.123. The molecule has 1 unspecified atom stereocenters. The van der Waals surface area contributed by atoms with E-state index in [1.807, 2.05) is 12.1 Å². The van der Waals surface area contributed by atoms with Crippen LogP contribution in [0.5, 0.6) is 0 Å². The molecule has 2 heterocycles. The average molecular weight is 421 g/mol. The summed E-state index contributed by atoms with van der Waals surface area (Å²) in [5, 5.41) is 3.84. The van der Waals surface area contributed by atoms with Gasteiger partial charge in [-0.1, -0.05) is 18.2 Å². The molecule has 3 aromatic rings. The van der Waals surface area contributed by atoms with Gasteiger partial charge >= 0.3 is 5.97 Å². The molecule has 4 rings (SSSR count). The third-order valence-electron chi connectivity index (χ3n) is 5.14. The van der Waals surface area contributed by atoms with Crippen LogP contribution in [0.25, 0.3) is 10.8 Å². The lowest BCUT2D eigenvalue weighted by atomic mass is 10.1. The van der Waals surface area contributed by atoms with E-state index in [-0.39, 0.29) is 11.3 Å². The van der Waals surface area contributed by atoms with Gasteiger partial charge in [0.05, 0.1) is 13.2 Å². The molecule has 0 saturated carbocycles. The predicted molar refractivity (Wildman–Crippen MR) is 118 cm³/mol. The fourth-order valence-corrected chi connectivity index (χ4v) is 3.42. The molecule has 1 amide bonds. The molecule has 1 aromatic heterocycles. The van der Waals surface area contributed by atoms with Gasteiger partial charge in [0.2, 0.25) is 0 Å². The van der Waals surface area contributed by atoms with Crippen molar-refractivity contribution in [1.29, 1.82) is 0 Å². The smallest absolute Gasteiger partial charge is 0.355 e. The molecule has 0 radical (unpaired) electrons. The summed E-state index contributed by atoms with van der Waals surface area (Å²) in [6, 6.07) is 15.9. The van der Waals surface area contributed by atoms with Crippen molar-refractivity contribution in [3.63, 3.8) is 0 Å². The highest BCUT2D eigenvalue weighted by molar-refractivity contribution is 5.98. The van der Waals surface area contributed by atoms with E-state index in [1.54, 1.807) is 36.4 Å². The molecule has 0 aliphatic carbocycles. The number of anilines is 2. The Kier molecular flexibility index (Phi) is 5.99. The van der Waals surface area contributed by atoms with Gasteiger partial charge in [-0.15, -0.1) is 0 Å². The number of carbonyl (C=O) groups is 2. The number of hydrogen-bond donors (Lipinski definition) is 2. The van der Waals surface area contributed by atoms with Gasteiger partial charge in [0.15, 0.2) is 6.10 Å². The van der Waals surface area contributed by atoms with Gasteiger partial charge in [-0.25, -0.2) is 4.79 Å². The number of fused-ring (bicyclic) bond motifs is 1. The minimum Gasteiger partial charge on any atom is -0.448 e. The summed E-state index contributed by atoms with van der Waals surface area (Å²) < 4.78 is 10.6. The maximum absolute atomic E-state index is 12.5. The van der Waals surface area contributed by atoms with Crippen LogP contribution in [0.2, 0.25) is 0 Å². The van der Waals surface area contributed by atoms with Crippen LogP contribution in [-0.4, -0.2) is 49.3 Å². The molecule has 2 N–H and O–H groups in total. The molecule has 0 spiro atoms. The molecule has 2 aromatic carbocycles. The molecular formula is C23H23N3O5. The summed E-state index contributed by atoms with van der Waals surface area (Å²) in [4.78, 5) is 41.8. The number of aromatic nitrogens is 1. The van der Waals surface area contributed by atoms with Crippen molar-refractivity contribution in [2.75, 3.05) is 36.5 Å². The van der Waals surface area contributed by atoms with Gasteiger partial charge in [0.25, 0.3) is 11.5 Å². The Balaban J connectivity index is 1.38. The Hall–Kier alpha value is -3.65. The number of benzene rings is 2. The van der Waals surface area contributed by atoms with Crippen LogP contribution in [0.3, 0.4) is 0 Å². The van der Waals surface area contributed by atoms with Crippen molar-refractivity contribution in [2.45, 2.75) is 13.0 Å². The Morgan fingerprint density at radius 2 is 1.81 bits per heavy atom. The maximum Gasteiger partial charge on any atom is 0.355 e. The van der Waals surface area contributed by atoms with Gasteiger partial charge in [-0.05, 0) is 48.7 Å². The molecule has 31 heavy (non-hydrogen) atoms. The fraction of sp³-hybridized carbons (Fsp3) is 0.261. The highest BCUT2D eigenvalue weighted by atomic mass is 16.5. The number of aromatic amines is 1. The summed E-state index contributed by atoms with van der Waals surface area (Å²) in [5.74, 6) is -1.23. The Labute approximate surface area is 178 Å². The van der Waals surface area contributed by atoms with Crippen molar-refractivity contribution in [2.24, 2.45) is 0 Å². The Morgan fingerprint density at radius 3 is 2.55 bits per heavy atom. The molecule has 1 aliphatic heterocycles. The summed E-state index contributed by atoms with van der Waals surface area (Å²) in [6.07, 6.45) is -1.04. The second kappa shape index (κ2) is 9.01. The third-order valence-corrected chi connectivity index (χ3v) is 5.14. The standard InChI is InChI=1S/C23H23N3O5/c1-15(31-23(29)20-14-16-4-2-3-5-19(16)22(28)25-20)21(27)24-17-6-8-18(9-7-17)26-10-12-30-13-11-26/h2-9,14-15H,10-13H2,1H3,(H,24,27)(H,25,28). The third kappa shape index (κ3) is 4.75. The first-order valence-corrected chi connectivity index (χ1v) is 10.1. The van der Waals surface area contributed by atoms with Gasteiger partial charge in [-0.2, -0.15) is 0 Å². The average Bonchev–Trinajstić information content (AvgIpc) is 2.80. The highest BCUT2D eigenvalue weighted by Gasteiger charge is 2.20. The van der Waals surface area contributed by atoms with Crippen molar-refractivity contribution in [3.8, 4) is 0 Å². The zero-order chi connectivity index (χ0) is 21.8. The summed E-state index contributed by atoms with van der Waals surface area (Å²) in [5.41, 5.74) is 1.27. The largest absolute Gasteiger partial charge is 0.448 e. The zero-order valence-electron chi connectivity index (χ0n) is 17.1. The van der Waals surface area contributed by atoms with Crippen molar-refractivity contribution in [3.05, 3.63) is 70.6 Å². The molecule has 160 valence electrons. The van der Waals surface area contributed by atoms with Crippen LogP contribution in [-0.2, 0) is 14.3 Å². The molecule has 1 saturated heterocycles. The lowest BCUT2D eigenvalue weighted by Gasteiger charge is -2.28. The first kappa shape index (κ1) is 20.6. The number of amides is 1. The number of morpholine rings is 1. The second-order valence-electron chi connectivity index (χ2n) is 7.28. The predicted octanol–water partition coefficient (Wildman–Crippen LogP) is 2.55. The van der Waals surface area contributed by atoms with E-state index >= 15 is 0 Å². The number of hydrogen-bond acceptors (Lipinski definition) is 6. The maximum atomic E-state index is 12.5. The molecule has 8 heteroatoms.